The van der Waals surface area contributed by atoms with E-state index in [1.807, 2.05) is 29.2 Å². The molecule has 1 heterocycles. The van der Waals surface area contributed by atoms with Gasteiger partial charge in [-0.1, -0.05) is 23.7 Å². The normalized spacial score (nSPS) is 19.2. The number of piperazine rings is 1. The Kier molecular flexibility index (Phi) is 5.93. The van der Waals surface area contributed by atoms with Crippen molar-refractivity contribution in [2.75, 3.05) is 19.6 Å². The molecule has 0 spiro atoms. The molecular weight excluding hydrogens is 271 g/mol. The van der Waals surface area contributed by atoms with Crippen LogP contribution in [0.5, 0.6) is 0 Å². The van der Waals surface area contributed by atoms with Crippen molar-refractivity contribution in [3.8, 4) is 0 Å². The molecule has 0 saturated carbocycles. The average Bonchev–Trinajstić information content (AvgIpc) is 2.32. The number of carbonyl (C=O) groups is 1. The third-order valence-corrected chi connectivity index (χ3v) is 3.34. The maximum absolute atomic E-state index is 12.1. The van der Waals surface area contributed by atoms with Crippen LogP contribution < -0.4 is 5.32 Å². The van der Waals surface area contributed by atoms with E-state index in [1.165, 1.54) is 0 Å². The van der Waals surface area contributed by atoms with E-state index in [2.05, 4.69) is 12.2 Å². The summed E-state index contributed by atoms with van der Waals surface area (Å²) in [6, 6.07) is 7.75. The SMILES string of the molecule is CC1CNCCN1C(=O)Cc1ccc(Cl)cc1.Cl. The first-order chi connectivity index (χ1) is 8.16. The molecule has 0 radical (unpaired) electrons. The zero-order valence-electron chi connectivity index (χ0n) is 10.4. The lowest BCUT2D eigenvalue weighted by molar-refractivity contribution is -0.133. The Morgan fingerprint density at radius 2 is 2.11 bits per heavy atom. The third kappa shape index (κ3) is 3.87. The van der Waals surface area contributed by atoms with Gasteiger partial charge in [0.1, 0.15) is 0 Å². The van der Waals surface area contributed by atoms with Gasteiger partial charge in [-0.25, -0.2) is 0 Å². The summed E-state index contributed by atoms with van der Waals surface area (Å²) in [5.41, 5.74) is 1.02. The van der Waals surface area contributed by atoms with Crippen LogP contribution in [0, 0.1) is 0 Å². The van der Waals surface area contributed by atoms with Gasteiger partial charge in [-0.2, -0.15) is 0 Å². The van der Waals surface area contributed by atoms with Crippen molar-refractivity contribution in [1.82, 2.24) is 10.2 Å². The van der Waals surface area contributed by atoms with E-state index in [0.29, 0.717) is 11.4 Å². The zero-order chi connectivity index (χ0) is 12.3. The van der Waals surface area contributed by atoms with Crippen molar-refractivity contribution in [1.29, 1.82) is 0 Å². The van der Waals surface area contributed by atoms with Gasteiger partial charge in [-0.15, -0.1) is 12.4 Å². The van der Waals surface area contributed by atoms with E-state index in [1.54, 1.807) is 0 Å². The van der Waals surface area contributed by atoms with Crippen LogP contribution in [0.15, 0.2) is 24.3 Å². The molecule has 1 N–H and O–H groups in total. The van der Waals surface area contributed by atoms with Crippen LogP contribution in [-0.2, 0) is 11.2 Å². The minimum absolute atomic E-state index is 0. The first-order valence-electron chi connectivity index (χ1n) is 5.91. The molecule has 1 aromatic carbocycles. The predicted octanol–water partition coefficient (Wildman–Crippen LogP) is 2.12. The van der Waals surface area contributed by atoms with E-state index < -0.39 is 0 Å². The smallest absolute Gasteiger partial charge is 0.227 e. The first kappa shape index (κ1) is 15.3. The van der Waals surface area contributed by atoms with E-state index in [4.69, 9.17) is 11.6 Å². The molecule has 0 aliphatic carbocycles. The molecule has 1 fully saturated rings. The summed E-state index contributed by atoms with van der Waals surface area (Å²) in [4.78, 5) is 14.1. The van der Waals surface area contributed by atoms with Gasteiger partial charge in [-0.3, -0.25) is 4.79 Å². The molecule has 0 bridgehead atoms. The van der Waals surface area contributed by atoms with Crippen LogP contribution in [0.1, 0.15) is 12.5 Å². The van der Waals surface area contributed by atoms with Gasteiger partial charge in [0.15, 0.2) is 0 Å². The zero-order valence-corrected chi connectivity index (χ0v) is 11.9. The number of hydrogen-bond acceptors (Lipinski definition) is 2. The van der Waals surface area contributed by atoms with Crippen molar-refractivity contribution in [2.45, 2.75) is 19.4 Å². The number of benzene rings is 1. The molecule has 1 atom stereocenters. The number of nitrogens with zero attached hydrogens (tertiary/aromatic N) is 1. The highest BCUT2D eigenvalue weighted by atomic mass is 35.5. The van der Waals surface area contributed by atoms with Crippen molar-refractivity contribution in [2.24, 2.45) is 0 Å². The number of hydrogen-bond donors (Lipinski definition) is 1. The molecule has 18 heavy (non-hydrogen) atoms. The fourth-order valence-corrected chi connectivity index (χ4v) is 2.22. The minimum atomic E-state index is 0. The Morgan fingerprint density at radius 1 is 1.44 bits per heavy atom. The lowest BCUT2D eigenvalue weighted by Gasteiger charge is -2.34. The molecule has 0 aromatic heterocycles. The fraction of sp³-hybridized carbons (Fsp3) is 0.462. The average molecular weight is 289 g/mol. The second-order valence-corrected chi connectivity index (χ2v) is 4.88. The summed E-state index contributed by atoms with van der Waals surface area (Å²) in [7, 11) is 0. The van der Waals surface area contributed by atoms with Crippen molar-refractivity contribution in [3.05, 3.63) is 34.9 Å². The number of carbonyl (C=O) groups excluding carboxylic acids is 1. The largest absolute Gasteiger partial charge is 0.337 e. The van der Waals surface area contributed by atoms with Crippen LogP contribution >= 0.6 is 24.0 Å². The number of rotatable bonds is 2. The summed E-state index contributed by atoms with van der Waals surface area (Å²) in [6.45, 7) is 4.64. The second-order valence-electron chi connectivity index (χ2n) is 4.44. The lowest BCUT2D eigenvalue weighted by Crippen LogP contribution is -2.52. The second kappa shape index (κ2) is 6.98. The molecule has 1 aromatic rings. The predicted molar refractivity (Wildman–Crippen MR) is 76.4 cm³/mol. The molecule has 100 valence electrons. The lowest BCUT2D eigenvalue weighted by atomic mass is 10.1. The summed E-state index contributed by atoms with van der Waals surface area (Å²) in [5, 5.41) is 3.98. The summed E-state index contributed by atoms with van der Waals surface area (Å²) < 4.78 is 0. The van der Waals surface area contributed by atoms with Crippen molar-refractivity contribution >= 4 is 29.9 Å². The topological polar surface area (TPSA) is 32.3 Å². The molecule has 3 nitrogen and oxygen atoms in total. The van der Waals surface area contributed by atoms with E-state index >= 15 is 0 Å². The minimum Gasteiger partial charge on any atom is -0.337 e. The van der Waals surface area contributed by atoms with Gasteiger partial charge < -0.3 is 10.2 Å². The number of amides is 1. The maximum atomic E-state index is 12.1. The van der Waals surface area contributed by atoms with Crippen LogP contribution in [0.25, 0.3) is 0 Å². The quantitative estimate of drug-likeness (QED) is 0.904. The van der Waals surface area contributed by atoms with E-state index in [-0.39, 0.29) is 24.4 Å². The Labute approximate surface area is 119 Å². The van der Waals surface area contributed by atoms with Crippen LogP contribution in [0.4, 0.5) is 0 Å². The molecule has 5 heteroatoms. The third-order valence-electron chi connectivity index (χ3n) is 3.09. The van der Waals surface area contributed by atoms with Gasteiger partial charge in [0.05, 0.1) is 6.42 Å². The van der Waals surface area contributed by atoms with Crippen LogP contribution in [-0.4, -0.2) is 36.5 Å². The van der Waals surface area contributed by atoms with E-state index in [9.17, 15) is 4.79 Å². The molecule has 1 aliphatic heterocycles. The van der Waals surface area contributed by atoms with E-state index in [0.717, 1.165) is 25.2 Å². The molecule has 1 unspecified atom stereocenters. The van der Waals surface area contributed by atoms with Crippen LogP contribution in [0.3, 0.4) is 0 Å². The van der Waals surface area contributed by atoms with Crippen molar-refractivity contribution < 1.29 is 4.79 Å². The Bertz CT molecular complexity index is 394. The summed E-state index contributed by atoms with van der Waals surface area (Å²) in [6.07, 6.45) is 0.460. The molecule has 1 amide bonds. The number of halogens is 2. The highest BCUT2D eigenvalue weighted by molar-refractivity contribution is 6.30. The number of nitrogens with one attached hydrogen (secondary N) is 1. The fourth-order valence-electron chi connectivity index (χ4n) is 2.09. The van der Waals surface area contributed by atoms with Gasteiger partial charge >= 0.3 is 0 Å². The van der Waals surface area contributed by atoms with Gasteiger partial charge in [0.25, 0.3) is 0 Å². The maximum Gasteiger partial charge on any atom is 0.227 e. The monoisotopic (exact) mass is 288 g/mol. The Hall–Kier alpha value is -0.770. The summed E-state index contributed by atoms with van der Waals surface area (Å²) in [5.74, 6) is 0.196. The van der Waals surface area contributed by atoms with Gasteiger partial charge in [-0.05, 0) is 24.6 Å². The molecule has 2 rings (SSSR count). The first-order valence-corrected chi connectivity index (χ1v) is 6.29. The van der Waals surface area contributed by atoms with Crippen LogP contribution in [0.2, 0.25) is 5.02 Å². The Balaban J connectivity index is 0.00000162. The summed E-state index contributed by atoms with van der Waals surface area (Å²) >= 11 is 5.82. The highest BCUT2D eigenvalue weighted by Gasteiger charge is 2.22. The highest BCUT2D eigenvalue weighted by Crippen LogP contribution is 2.12. The van der Waals surface area contributed by atoms with Gasteiger partial charge in [0.2, 0.25) is 5.91 Å². The molecule has 1 aliphatic rings. The molecular formula is C13H18Cl2N2O. The Morgan fingerprint density at radius 3 is 2.72 bits per heavy atom. The van der Waals surface area contributed by atoms with Crippen molar-refractivity contribution in [3.63, 3.8) is 0 Å². The standard InChI is InChI=1S/C13H17ClN2O.ClH/c1-10-9-15-6-7-16(10)13(17)8-11-2-4-12(14)5-3-11;/h2-5,10,15H,6-9H2,1H3;1H. The molecule has 1 saturated heterocycles. The van der Waals surface area contributed by atoms with Gasteiger partial charge in [0, 0.05) is 30.7 Å².